The quantitative estimate of drug-likeness (QED) is 0.639. The van der Waals surface area contributed by atoms with Gasteiger partial charge in [-0.2, -0.15) is 0 Å². The molecule has 0 saturated carbocycles. The molecule has 4 nitrogen and oxygen atoms in total. The van der Waals surface area contributed by atoms with Crippen LogP contribution in [0.5, 0.6) is 0 Å². The number of aryl methyl sites for hydroxylation is 1. The van der Waals surface area contributed by atoms with Gasteiger partial charge in [0.15, 0.2) is 0 Å². The monoisotopic (exact) mass is 238 g/mol. The molecule has 0 aliphatic rings. The van der Waals surface area contributed by atoms with Gasteiger partial charge in [-0.25, -0.2) is 4.98 Å². The van der Waals surface area contributed by atoms with E-state index in [2.05, 4.69) is 4.98 Å². The molecule has 0 fully saturated rings. The predicted molar refractivity (Wildman–Crippen MR) is 75.0 cm³/mol. The molecule has 0 radical (unpaired) electrons. The van der Waals surface area contributed by atoms with Gasteiger partial charge in [-0.3, -0.25) is 0 Å². The summed E-state index contributed by atoms with van der Waals surface area (Å²) in [6.07, 6.45) is 0. The maximum absolute atomic E-state index is 5.80. The predicted octanol–water partition coefficient (Wildman–Crippen LogP) is 2.40. The van der Waals surface area contributed by atoms with Crippen molar-refractivity contribution in [3.63, 3.8) is 0 Å². The van der Waals surface area contributed by atoms with Gasteiger partial charge in [0.25, 0.3) is 0 Å². The summed E-state index contributed by atoms with van der Waals surface area (Å²) in [6.45, 7) is 0. The smallest absolute Gasteiger partial charge is 0.140 e. The zero-order chi connectivity index (χ0) is 12.7. The Balaban J connectivity index is 2.23. The molecular formula is C14H14N4. The van der Waals surface area contributed by atoms with Gasteiger partial charge >= 0.3 is 0 Å². The molecule has 1 aromatic heterocycles. The lowest BCUT2D eigenvalue weighted by atomic mass is 10.2. The fourth-order valence-corrected chi connectivity index (χ4v) is 2.10. The van der Waals surface area contributed by atoms with Crippen LogP contribution < -0.4 is 11.5 Å². The normalized spacial score (nSPS) is 10.9. The number of hydrogen-bond donors (Lipinski definition) is 2. The second-order valence-electron chi connectivity index (χ2n) is 4.36. The van der Waals surface area contributed by atoms with E-state index in [0.29, 0.717) is 0 Å². The molecule has 0 unspecified atom stereocenters. The molecule has 3 rings (SSSR count). The van der Waals surface area contributed by atoms with E-state index in [1.54, 1.807) is 0 Å². The Labute approximate surface area is 105 Å². The van der Waals surface area contributed by atoms with Crippen LogP contribution in [0.3, 0.4) is 0 Å². The van der Waals surface area contributed by atoms with Gasteiger partial charge in [0, 0.05) is 24.0 Å². The third-order valence-electron chi connectivity index (χ3n) is 3.07. The fraction of sp³-hybridized carbons (Fsp3) is 0.0714. The first-order valence-corrected chi connectivity index (χ1v) is 5.73. The summed E-state index contributed by atoms with van der Waals surface area (Å²) in [4.78, 5) is 4.62. The van der Waals surface area contributed by atoms with Crippen LogP contribution >= 0.6 is 0 Å². The van der Waals surface area contributed by atoms with Gasteiger partial charge < -0.3 is 16.0 Å². The van der Waals surface area contributed by atoms with Crippen LogP contribution in [0.2, 0.25) is 0 Å². The number of rotatable bonds is 1. The molecule has 4 heteroatoms. The van der Waals surface area contributed by atoms with Crippen molar-refractivity contribution in [3.8, 4) is 11.4 Å². The SMILES string of the molecule is Cn1c(-c2ccc(N)cc2)nc2ccc(N)cc21. The van der Waals surface area contributed by atoms with E-state index < -0.39 is 0 Å². The molecule has 3 aromatic rings. The molecule has 90 valence electrons. The third-order valence-corrected chi connectivity index (χ3v) is 3.07. The van der Waals surface area contributed by atoms with Gasteiger partial charge in [-0.15, -0.1) is 0 Å². The van der Waals surface area contributed by atoms with E-state index in [4.69, 9.17) is 11.5 Å². The van der Waals surface area contributed by atoms with Crippen molar-refractivity contribution in [1.82, 2.24) is 9.55 Å². The van der Waals surface area contributed by atoms with E-state index in [1.165, 1.54) is 0 Å². The minimum absolute atomic E-state index is 0.745. The third kappa shape index (κ3) is 1.59. The minimum atomic E-state index is 0.745. The molecule has 4 N–H and O–H groups in total. The van der Waals surface area contributed by atoms with Crippen LogP contribution in [0, 0.1) is 0 Å². The maximum atomic E-state index is 5.80. The summed E-state index contributed by atoms with van der Waals surface area (Å²) in [7, 11) is 1.99. The van der Waals surface area contributed by atoms with Crippen LogP contribution in [0.1, 0.15) is 0 Å². The van der Waals surface area contributed by atoms with E-state index >= 15 is 0 Å². The van der Waals surface area contributed by atoms with Crippen molar-refractivity contribution in [3.05, 3.63) is 42.5 Å². The number of anilines is 2. The lowest BCUT2D eigenvalue weighted by Crippen LogP contribution is -1.93. The van der Waals surface area contributed by atoms with Gasteiger partial charge in [0.1, 0.15) is 5.82 Å². The van der Waals surface area contributed by atoms with E-state index in [-0.39, 0.29) is 0 Å². The van der Waals surface area contributed by atoms with Crippen molar-refractivity contribution in [1.29, 1.82) is 0 Å². The molecule has 2 aromatic carbocycles. The number of nitrogen functional groups attached to an aromatic ring is 2. The fourth-order valence-electron chi connectivity index (χ4n) is 2.10. The number of benzene rings is 2. The Bertz CT molecular complexity index is 710. The number of aromatic nitrogens is 2. The van der Waals surface area contributed by atoms with Crippen LogP contribution in [0.4, 0.5) is 11.4 Å². The number of nitrogens with two attached hydrogens (primary N) is 2. The highest BCUT2D eigenvalue weighted by molar-refractivity contribution is 5.83. The minimum Gasteiger partial charge on any atom is -0.399 e. The van der Waals surface area contributed by atoms with Crippen molar-refractivity contribution in [2.24, 2.45) is 7.05 Å². The molecule has 0 aliphatic carbocycles. The van der Waals surface area contributed by atoms with Crippen LogP contribution in [0.15, 0.2) is 42.5 Å². The maximum Gasteiger partial charge on any atom is 0.140 e. The summed E-state index contributed by atoms with van der Waals surface area (Å²) in [5.41, 5.74) is 16.0. The van der Waals surface area contributed by atoms with Crippen molar-refractivity contribution >= 4 is 22.4 Å². The topological polar surface area (TPSA) is 69.9 Å². The highest BCUT2D eigenvalue weighted by Crippen LogP contribution is 2.25. The van der Waals surface area contributed by atoms with E-state index in [0.717, 1.165) is 33.8 Å². The summed E-state index contributed by atoms with van der Waals surface area (Å²) in [6, 6.07) is 13.4. The van der Waals surface area contributed by atoms with Crippen molar-refractivity contribution < 1.29 is 0 Å². The molecule has 1 heterocycles. The Morgan fingerprint density at radius 2 is 1.61 bits per heavy atom. The first-order valence-electron chi connectivity index (χ1n) is 5.73. The second kappa shape index (κ2) is 3.77. The van der Waals surface area contributed by atoms with Crippen molar-refractivity contribution in [2.45, 2.75) is 0 Å². The van der Waals surface area contributed by atoms with Crippen molar-refractivity contribution in [2.75, 3.05) is 11.5 Å². The van der Waals surface area contributed by atoms with Crippen LogP contribution in [-0.4, -0.2) is 9.55 Å². The van der Waals surface area contributed by atoms with Crippen LogP contribution in [-0.2, 0) is 7.05 Å². The average molecular weight is 238 g/mol. The van der Waals surface area contributed by atoms with E-state index in [1.807, 2.05) is 54.1 Å². The Hall–Kier alpha value is -2.49. The van der Waals surface area contributed by atoms with Gasteiger partial charge in [0.2, 0.25) is 0 Å². The molecule has 0 atom stereocenters. The zero-order valence-corrected chi connectivity index (χ0v) is 10.1. The average Bonchev–Trinajstić information content (AvgIpc) is 2.68. The zero-order valence-electron chi connectivity index (χ0n) is 10.1. The van der Waals surface area contributed by atoms with Gasteiger partial charge in [0.05, 0.1) is 11.0 Å². The second-order valence-corrected chi connectivity index (χ2v) is 4.36. The number of fused-ring (bicyclic) bond motifs is 1. The van der Waals surface area contributed by atoms with Gasteiger partial charge in [-0.05, 0) is 42.5 Å². The highest BCUT2D eigenvalue weighted by Gasteiger charge is 2.09. The first kappa shape index (κ1) is 10.7. The Morgan fingerprint density at radius 3 is 2.33 bits per heavy atom. The van der Waals surface area contributed by atoms with E-state index in [9.17, 15) is 0 Å². The first-order chi connectivity index (χ1) is 8.65. The Morgan fingerprint density at radius 1 is 0.944 bits per heavy atom. The molecule has 0 saturated heterocycles. The molecule has 18 heavy (non-hydrogen) atoms. The van der Waals surface area contributed by atoms with Gasteiger partial charge in [-0.1, -0.05) is 0 Å². The number of nitrogens with zero attached hydrogens (tertiary/aromatic N) is 2. The summed E-state index contributed by atoms with van der Waals surface area (Å²) < 4.78 is 2.04. The lowest BCUT2D eigenvalue weighted by Gasteiger charge is -2.03. The standard InChI is InChI=1S/C14H14N4/c1-18-13-8-11(16)6-7-12(13)17-14(18)9-2-4-10(15)5-3-9/h2-8H,15-16H2,1H3. The summed E-state index contributed by atoms with van der Waals surface area (Å²) in [5, 5.41) is 0. The molecule has 0 aliphatic heterocycles. The highest BCUT2D eigenvalue weighted by atomic mass is 15.1. The summed E-state index contributed by atoms with van der Waals surface area (Å²) >= 11 is 0. The summed E-state index contributed by atoms with van der Waals surface area (Å²) in [5.74, 6) is 0.913. The number of imidazole rings is 1. The molecule has 0 spiro atoms. The lowest BCUT2D eigenvalue weighted by molar-refractivity contribution is 0.959. The Kier molecular flexibility index (Phi) is 2.23. The van der Waals surface area contributed by atoms with Crippen LogP contribution in [0.25, 0.3) is 22.4 Å². The molecule has 0 bridgehead atoms. The molecular weight excluding hydrogens is 224 g/mol. The number of hydrogen-bond acceptors (Lipinski definition) is 3. The molecule has 0 amide bonds. The largest absolute Gasteiger partial charge is 0.399 e.